The third-order valence-electron chi connectivity index (χ3n) is 5.86. The molecular weight excluding hydrogens is 222 g/mol. The Hall–Kier alpha value is -0.990. The highest BCUT2D eigenvalue weighted by Gasteiger charge is 2.53. The van der Waals surface area contributed by atoms with Crippen LogP contribution in [0.3, 0.4) is 0 Å². The van der Waals surface area contributed by atoms with Gasteiger partial charge in [-0.2, -0.15) is 0 Å². The minimum absolute atomic E-state index is 0.553. The highest BCUT2D eigenvalue weighted by molar-refractivity contribution is 5.26. The van der Waals surface area contributed by atoms with Crippen molar-refractivity contribution in [2.24, 2.45) is 23.2 Å². The molecule has 1 unspecified atom stereocenters. The maximum Gasteiger partial charge on any atom is 0.200 e. The molecule has 0 radical (unpaired) electrons. The largest absolute Gasteiger partial charge is 0.353 e. The lowest BCUT2D eigenvalue weighted by Gasteiger charge is -2.59. The molecule has 4 aliphatic carbocycles. The molecule has 18 heavy (non-hydrogen) atoms. The number of nitrogens with zero attached hydrogens (tertiary/aromatic N) is 1. The Morgan fingerprint density at radius 2 is 1.83 bits per heavy atom. The summed E-state index contributed by atoms with van der Waals surface area (Å²) in [4.78, 5) is 7.49. The predicted octanol–water partition coefficient (Wildman–Crippen LogP) is 3.43. The molecular formula is C15H23N3. The topological polar surface area (TPSA) is 40.7 Å². The molecule has 1 atom stereocenters. The highest BCUT2D eigenvalue weighted by atomic mass is 15.1. The summed E-state index contributed by atoms with van der Waals surface area (Å²) in [5.74, 6) is 4.02. The molecule has 98 valence electrons. The fourth-order valence-electron chi connectivity index (χ4n) is 5.41. The second-order valence-corrected chi connectivity index (χ2v) is 7.08. The van der Waals surface area contributed by atoms with Gasteiger partial charge in [0.05, 0.1) is 0 Å². The van der Waals surface area contributed by atoms with E-state index in [0.29, 0.717) is 11.5 Å². The van der Waals surface area contributed by atoms with E-state index in [0.717, 1.165) is 23.7 Å². The third kappa shape index (κ3) is 1.59. The zero-order valence-electron chi connectivity index (χ0n) is 11.2. The smallest absolute Gasteiger partial charge is 0.200 e. The van der Waals surface area contributed by atoms with Crippen LogP contribution in [0.4, 0.5) is 5.95 Å². The van der Waals surface area contributed by atoms with E-state index in [1.807, 2.05) is 12.4 Å². The molecule has 0 spiro atoms. The van der Waals surface area contributed by atoms with Gasteiger partial charge < -0.3 is 10.3 Å². The van der Waals surface area contributed by atoms with Crippen molar-refractivity contribution in [2.45, 2.75) is 51.5 Å². The first-order valence-electron chi connectivity index (χ1n) is 7.49. The summed E-state index contributed by atoms with van der Waals surface area (Å²) < 4.78 is 0. The van der Waals surface area contributed by atoms with E-state index in [-0.39, 0.29) is 0 Å². The first kappa shape index (κ1) is 10.9. The fraction of sp³-hybridized carbons (Fsp3) is 0.800. The van der Waals surface area contributed by atoms with E-state index in [1.165, 1.54) is 38.5 Å². The van der Waals surface area contributed by atoms with Crippen LogP contribution < -0.4 is 5.32 Å². The standard InChI is InChI=1S/C15H23N3/c1-10(18-14-16-2-3-17-14)15-7-11-4-12(8-15)6-13(5-11)9-15/h2-3,10-13H,4-9H2,1H3,(H2,16,17,18). The first-order valence-corrected chi connectivity index (χ1v) is 7.49. The van der Waals surface area contributed by atoms with Crippen molar-refractivity contribution in [1.82, 2.24) is 9.97 Å². The van der Waals surface area contributed by atoms with Crippen LogP contribution in [-0.4, -0.2) is 16.0 Å². The van der Waals surface area contributed by atoms with Crippen molar-refractivity contribution in [3.63, 3.8) is 0 Å². The summed E-state index contributed by atoms with van der Waals surface area (Å²) in [5.41, 5.74) is 0.557. The Morgan fingerprint density at radius 1 is 1.22 bits per heavy atom. The number of aromatic nitrogens is 2. The first-order chi connectivity index (χ1) is 8.73. The molecule has 3 heteroatoms. The number of rotatable bonds is 3. The quantitative estimate of drug-likeness (QED) is 0.856. The van der Waals surface area contributed by atoms with E-state index < -0.39 is 0 Å². The zero-order chi connectivity index (χ0) is 12.2. The second-order valence-electron chi connectivity index (χ2n) is 7.08. The molecule has 4 bridgehead atoms. The number of hydrogen-bond donors (Lipinski definition) is 2. The van der Waals surface area contributed by atoms with Crippen molar-refractivity contribution in [3.8, 4) is 0 Å². The van der Waals surface area contributed by atoms with Crippen molar-refractivity contribution in [3.05, 3.63) is 12.4 Å². The Kier molecular flexibility index (Phi) is 2.27. The van der Waals surface area contributed by atoms with Gasteiger partial charge in [0.25, 0.3) is 0 Å². The van der Waals surface area contributed by atoms with Crippen LogP contribution in [0, 0.1) is 23.2 Å². The van der Waals surface area contributed by atoms with Crippen LogP contribution in [0.25, 0.3) is 0 Å². The lowest BCUT2D eigenvalue weighted by atomic mass is 9.48. The summed E-state index contributed by atoms with van der Waals surface area (Å²) in [6.45, 7) is 2.37. The summed E-state index contributed by atoms with van der Waals surface area (Å²) in [7, 11) is 0. The summed E-state index contributed by atoms with van der Waals surface area (Å²) >= 11 is 0. The molecule has 0 saturated heterocycles. The van der Waals surface area contributed by atoms with E-state index in [1.54, 1.807) is 0 Å². The van der Waals surface area contributed by atoms with Gasteiger partial charge in [-0.25, -0.2) is 4.98 Å². The number of H-pyrrole nitrogens is 1. The molecule has 1 heterocycles. The Morgan fingerprint density at radius 3 is 2.33 bits per heavy atom. The summed E-state index contributed by atoms with van der Waals surface area (Å²) in [6, 6.07) is 0.553. The maximum atomic E-state index is 4.32. The molecule has 1 aromatic rings. The van der Waals surface area contributed by atoms with Crippen LogP contribution in [0.1, 0.15) is 45.4 Å². The van der Waals surface area contributed by atoms with Crippen molar-refractivity contribution in [2.75, 3.05) is 5.32 Å². The van der Waals surface area contributed by atoms with E-state index in [4.69, 9.17) is 0 Å². The van der Waals surface area contributed by atoms with Gasteiger partial charge in [-0.3, -0.25) is 0 Å². The van der Waals surface area contributed by atoms with Gasteiger partial charge in [-0.05, 0) is 68.6 Å². The molecule has 2 N–H and O–H groups in total. The van der Waals surface area contributed by atoms with Crippen LogP contribution >= 0.6 is 0 Å². The van der Waals surface area contributed by atoms with E-state index >= 15 is 0 Å². The van der Waals surface area contributed by atoms with Crippen LogP contribution in [0.2, 0.25) is 0 Å². The molecule has 4 fully saturated rings. The molecule has 3 nitrogen and oxygen atoms in total. The zero-order valence-corrected chi connectivity index (χ0v) is 11.2. The maximum absolute atomic E-state index is 4.32. The number of aromatic amines is 1. The molecule has 0 amide bonds. The molecule has 0 aromatic carbocycles. The predicted molar refractivity (Wildman–Crippen MR) is 72.3 cm³/mol. The molecule has 4 saturated carbocycles. The van der Waals surface area contributed by atoms with Gasteiger partial charge in [0.15, 0.2) is 5.95 Å². The normalized spacial score (nSPS) is 43.1. The minimum atomic E-state index is 0.553. The monoisotopic (exact) mass is 245 g/mol. The van der Waals surface area contributed by atoms with Crippen LogP contribution in [0.5, 0.6) is 0 Å². The third-order valence-corrected chi connectivity index (χ3v) is 5.86. The van der Waals surface area contributed by atoms with Crippen LogP contribution in [0.15, 0.2) is 12.4 Å². The Bertz CT molecular complexity index is 388. The summed E-state index contributed by atoms with van der Waals surface area (Å²) in [5, 5.41) is 3.61. The fourth-order valence-corrected chi connectivity index (χ4v) is 5.41. The number of nitrogens with one attached hydrogen (secondary N) is 2. The lowest BCUT2D eigenvalue weighted by Crippen LogP contribution is -2.53. The van der Waals surface area contributed by atoms with Gasteiger partial charge in [-0.1, -0.05) is 0 Å². The van der Waals surface area contributed by atoms with Gasteiger partial charge >= 0.3 is 0 Å². The number of hydrogen-bond acceptors (Lipinski definition) is 2. The average Bonchev–Trinajstić information content (AvgIpc) is 2.79. The summed E-state index contributed by atoms with van der Waals surface area (Å²) in [6.07, 6.45) is 12.6. The van der Waals surface area contributed by atoms with Crippen molar-refractivity contribution in [1.29, 1.82) is 0 Å². The molecule has 4 aliphatic rings. The second kappa shape index (κ2) is 3.75. The minimum Gasteiger partial charge on any atom is -0.353 e. The van der Waals surface area contributed by atoms with Gasteiger partial charge in [0.1, 0.15) is 0 Å². The SMILES string of the molecule is CC(Nc1ncc[nH]1)C12CC3CC(CC(C3)C1)C2. The molecule has 1 aromatic heterocycles. The van der Waals surface area contributed by atoms with Gasteiger partial charge in [0.2, 0.25) is 0 Å². The average molecular weight is 245 g/mol. The number of anilines is 1. The van der Waals surface area contributed by atoms with Crippen LogP contribution in [-0.2, 0) is 0 Å². The highest BCUT2D eigenvalue weighted by Crippen LogP contribution is 2.61. The molecule has 5 rings (SSSR count). The molecule has 0 aliphatic heterocycles. The van der Waals surface area contributed by atoms with Gasteiger partial charge in [0, 0.05) is 18.4 Å². The lowest BCUT2D eigenvalue weighted by molar-refractivity contribution is -0.0603. The van der Waals surface area contributed by atoms with Crippen molar-refractivity contribution < 1.29 is 0 Å². The van der Waals surface area contributed by atoms with E-state index in [2.05, 4.69) is 22.2 Å². The Labute approximate surface area is 109 Å². The number of imidazole rings is 1. The van der Waals surface area contributed by atoms with Gasteiger partial charge in [-0.15, -0.1) is 0 Å². The van der Waals surface area contributed by atoms with E-state index in [9.17, 15) is 0 Å². The Balaban J connectivity index is 1.56. The van der Waals surface area contributed by atoms with Crippen molar-refractivity contribution >= 4 is 5.95 Å².